The molecule has 1 fully saturated rings. The van der Waals surface area contributed by atoms with Crippen LogP contribution in [0.1, 0.15) is 46.0 Å². The van der Waals surface area contributed by atoms with E-state index in [4.69, 9.17) is 0 Å². The van der Waals surface area contributed by atoms with Crippen LogP contribution in [0.3, 0.4) is 0 Å². The molecule has 110 valence electrons. The Morgan fingerprint density at radius 2 is 1.89 bits per heavy atom. The lowest BCUT2D eigenvalue weighted by Crippen LogP contribution is -2.48. The fourth-order valence-corrected chi connectivity index (χ4v) is 2.53. The fraction of sp³-hybridized carbons (Fsp3) is 0.857. The van der Waals surface area contributed by atoms with Crippen LogP contribution in [0, 0.1) is 11.8 Å². The van der Waals surface area contributed by atoms with Crippen LogP contribution in [0.25, 0.3) is 0 Å². The van der Waals surface area contributed by atoms with Gasteiger partial charge in [-0.1, -0.05) is 13.3 Å². The summed E-state index contributed by atoms with van der Waals surface area (Å²) < 4.78 is 4.48. The highest BCUT2D eigenvalue weighted by molar-refractivity contribution is 5.82. The Hall–Kier alpha value is -1.10. The van der Waals surface area contributed by atoms with E-state index in [1.807, 2.05) is 0 Å². The number of hydrogen-bond acceptors (Lipinski definition) is 4. The Balaban J connectivity index is 2.38. The first-order valence-electron chi connectivity index (χ1n) is 6.99. The summed E-state index contributed by atoms with van der Waals surface area (Å²) >= 11 is 0. The molecule has 2 N–H and O–H groups in total. The quantitative estimate of drug-likeness (QED) is 0.738. The van der Waals surface area contributed by atoms with Gasteiger partial charge in [0, 0.05) is 5.92 Å². The Labute approximate surface area is 114 Å². The number of nitrogens with one attached hydrogen (secondary N) is 1. The summed E-state index contributed by atoms with van der Waals surface area (Å²) in [6.45, 7) is 3.41. The van der Waals surface area contributed by atoms with Crippen LogP contribution < -0.4 is 5.32 Å². The van der Waals surface area contributed by atoms with E-state index in [1.54, 1.807) is 0 Å². The molecule has 0 aromatic heterocycles. The molecule has 0 aromatic rings. The number of amides is 1. The van der Waals surface area contributed by atoms with Crippen LogP contribution in [-0.2, 0) is 14.3 Å². The van der Waals surface area contributed by atoms with Gasteiger partial charge in [-0.05, 0) is 38.5 Å². The molecule has 0 heterocycles. The zero-order chi connectivity index (χ0) is 14.5. The van der Waals surface area contributed by atoms with Crippen LogP contribution in [0.4, 0.5) is 0 Å². The molecular weight excluding hydrogens is 246 g/mol. The van der Waals surface area contributed by atoms with E-state index in [1.165, 1.54) is 20.5 Å². The third-order valence-electron chi connectivity index (χ3n) is 4.03. The molecule has 1 amide bonds. The first kappa shape index (κ1) is 16.0. The minimum absolute atomic E-state index is 0.0104. The second kappa shape index (κ2) is 6.89. The van der Waals surface area contributed by atoms with Crippen molar-refractivity contribution in [2.75, 3.05) is 13.7 Å². The van der Waals surface area contributed by atoms with Gasteiger partial charge >= 0.3 is 5.97 Å². The summed E-state index contributed by atoms with van der Waals surface area (Å²) in [4.78, 5) is 23.3. The number of esters is 1. The van der Waals surface area contributed by atoms with Gasteiger partial charge in [-0.15, -0.1) is 0 Å². The average Bonchev–Trinajstić information content (AvgIpc) is 2.43. The molecule has 0 aliphatic heterocycles. The van der Waals surface area contributed by atoms with Gasteiger partial charge in [0.25, 0.3) is 0 Å². The van der Waals surface area contributed by atoms with Gasteiger partial charge in [-0.25, -0.2) is 4.79 Å². The van der Waals surface area contributed by atoms with Crippen molar-refractivity contribution in [1.29, 1.82) is 0 Å². The van der Waals surface area contributed by atoms with Crippen molar-refractivity contribution < 1.29 is 19.4 Å². The van der Waals surface area contributed by atoms with Crippen LogP contribution in [0.15, 0.2) is 0 Å². The van der Waals surface area contributed by atoms with Gasteiger partial charge < -0.3 is 15.2 Å². The van der Waals surface area contributed by atoms with E-state index in [9.17, 15) is 14.7 Å². The molecular formula is C14H25NO4. The largest absolute Gasteiger partial charge is 0.467 e. The van der Waals surface area contributed by atoms with E-state index in [2.05, 4.69) is 17.0 Å². The standard InChI is InChI=1S/C14H25NO4/c1-4-10-5-7-11(8-6-10)12(16)15-9-14(2,18)13(17)19-3/h10-11,18H,4-9H2,1-3H3,(H,15,16)/t10?,11?,14-/m0/s1. The average molecular weight is 271 g/mol. The third-order valence-corrected chi connectivity index (χ3v) is 4.03. The van der Waals surface area contributed by atoms with Crippen LogP contribution in [0.2, 0.25) is 0 Å². The molecule has 0 unspecified atom stereocenters. The van der Waals surface area contributed by atoms with Gasteiger partial charge in [-0.3, -0.25) is 4.79 Å². The smallest absolute Gasteiger partial charge is 0.339 e. The lowest BCUT2D eigenvalue weighted by atomic mass is 9.80. The van der Waals surface area contributed by atoms with E-state index in [-0.39, 0.29) is 18.4 Å². The van der Waals surface area contributed by atoms with Crippen molar-refractivity contribution >= 4 is 11.9 Å². The number of methoxy groups -OCH3 is 1. The maximum absolute atomic E-state index is 12.0. The molecule has 0 spiro atoms. The Morgan fingerprint density at radius 1 is 1.32 bits per heavy atom. The summed E-state index contributed by atoms with van der Waals surface area (Å²) in [5.41, 5.74) is -1.66. The molecule has 5 heteroatoms. The SMILES string of the molecule is CCC1CCC(C(=O)NC[C@](C)(O)C(=O)OC)CC1. The van der Waals surface area contributed by atoms with Gasteiger partial charge in [0.1, 0.15) is 0 Å². The number of rotatable bonds is 5. The summed E-state index contributed by atoms with van der Waals surface area (Å²) in [5.74, 6) is -0.0558. The second-order valence-electron chi connectivity index (χ2n) is 5.61. The first-order chi connectivity index (χ1) is 8.90. The molecule has 0 radical (unpaired) electrons. The zero-order valence-electron chi connectivity index (χ0n) is 12.1. The molecule has 0 aromatic carbocycles. The first-order valence-corrected chi connectivity index (χ1v) is 6.99. The predicted molar refractivity (Wildman–Crippen MR) is 71.4 cm³/mol. The Bertz CT molecular complexity index is 319. The highest BCUT2D eigenvalue weighted by Crippen LogP contribution is 2.30. The number of carbonyl (C=O) groups excluding carboxylic acids is 2. The highest BCUT2D eigenvalue weighted by Gasteiger charge is 2.33. The maximum atomic E-state index is 12.0. The predicted octanol–water partition coefficient (Wildman–Crippen LogP) is 1.24. The van der Waals surface area contributed by atoms with Gasteiger partial charge in [0.2, 0.25) is 5.91 Å². The molecule has 1 aliphatic rings. The summed E-state index contributed by atoms with van der Waals surface area (Å²) in [6.07, 6.45) is 5.13. The lowest BCUT2D eigenvalue weighted by molar-refractivity contribution is -0.160. The van der Waals surface area contributed by atoms with E-state index < -0.39 is 11.6 Å². The number of aliphatic hydroxyl groups is 1. The van der Waals surface area contributed by atoms with E-state index >= 15 is 0 Å². The molecule has 1 atom stereocenters. The van der Waals surface area contributed by atoms with Gasteiger partial charge in [0.15, 0.2) is 5.60 Å². The van der Waals surface area contributed by atoms with Crippen molar-refractivity contribution in [3.8, 4) is 0 Å². The van der Waals surface area contributed by atoms with Crippen molar-refractivity contribution in [2.45, 2.75) is 51.6 Å². The van der Waals surface area contributed by atoms with E-state index in [0.29, 0.717) is 0 Å². The van der Waals surface area contributed by atoms with E-state index in [0.717, 1.165) is 31.6 Å². The van der Waals surface area contributed by atoms with Crippen molar-refractivity contribution in [2.24, 2.45) is 11.8 Å². The van der Waals surface area contributed by atoms with Gasteiger partial charge in [-0.2, -0.15) is 0 Å². The monoisotopic (exact) mass is 271 g/mol. The lowest BCUT2D eigenvalue weighted by Gasteiger charge is -2.28. The summed E-state index contributed by atoms with van der Waals surface area (Å²) in [7, 11) is 1.21. The number of ether oxygens (including phenoxy) is 1. The van der Waals surface area contributed by atoms with Crippen molar-refractivity contribution in [3.63, 3.8) is 0 Å². The zero-order valence-corrected chi connectivity index (χ0v) is 12.1. The second-order valence-corrected chi connectivity index (χ2v) is 5.61. The minimum Gasteiger partial charge on any atom is -0.467 e. The molecule has 1 aliphatic carbocycles. The number of hydrogen-bond donors (Lipinski definition) is 2. The highest BCUT2D eigenvalue weighted by atomic mass is 16.5. The van der Waals surface area contributed by atoms with Crippen LogP contribution >= 0.6 is 0 Å². The summed E-state index contributed by atoms with van der Waals surface area (Å²) in [6, 6.07) is 0. The topological polar surface area (TPSA) is 75.6 Å². The third kappa shape index (κ3) is 4.49. The fourth-order valence-electron chi connectivity index (χ4n) is 2.53. The number of carbonyl (C=O) groups is 2. The van der Waals surface area contributed by atoms with Crippen molar-refractivity contribution in [3.05, 3.63) is 0 Å². The van der Waals surface area contributed by atoms with Crippen molar-refractivity contribution in [1.82, 2.24) is 5.32 Å². The molecule has 0 bridgehead atoms. The van der Waals surface area contributed by atoms with Crippen LogP contribution in [-0.4, -0.2) is 36.2 Å². The summed E-state index contributed by atoms with van der Waals surface area (Å²) in [5, 5.41) is 12.5. The molecule has 0 saturated heterocycles. The van der Waals surface area contributed by atoms with Crippen LogP contribution in [0.5, 0.6) is 0 Å². The molecule has 19 heavy (non-hydrogen) atoms. The Morgan fingerprint density at radius 3 is 2.37 bits per heavy atom. The Kier molecular flexibility index (Phi) is 5.79. The molecule has 1 rings (SSSR count). The van der Waals surface area contributed by atoms with Gasteiger partial charge in [0.05, 0.1) is 13.7 Å². The maximum Gasteiger partial charge on any atom is 0.339 e. The molecule has 5 nitrogen and oxygen atoms in total. The molecule has 1 saturated carbocycles. The normalized spacial score (nSPS) is 26.3. The minimum atomic E-state index is -1.66.